The van der Waals surface area contributed by atoms with E-state index in [9.17, 15) is 4.79 Å². The Morgan fingerprint density at radius 2 is 2.27 bits per heavy atom. The van der Waals surface area contributed by atoms with Crippen molar-refractivity contribution in [3.63, 3.8) is 0 Å². The van der Waals surface area contributed by atoms with Crippen LogP contribution in [0.2, 0.25) is 0 Å². The zero-order valence-corrected chi connectivity index (χ0v) is 9.88. The predicted octanol–water partition coefficient (Wildman–Crippen LogP) is 0.655. The van der Waals surface area contributed by atoms with Gasteiger partial charge in [-0.25, -0.2) is 0 Å². The van der Waals surface area contributed by atoms with Gasteiger partial charge < -0.3 is 15.8 Å². The van der Waals surface area contributed by atoms with E-state index in [0.29, 0.717) is 13.2 Å². The lowest BCUT2D eigenvalue weighted by molar-refractivity contribution is -0.126. The van der Waals surface area contributed by atoms with Crippen molar-refractivity contribution in [3.05, 3.63) is 0 Å². The fraction of sp³-hybridized carbons (Fsp3) is 0.909. The number of ether oxygens (including phenoxy) is 1. The van der Waals surface area contributed by atoms with Crippen molar-refractivity contribution in [1.82, 2.24) is 5.32 Å². The summed E-state index contributed by atoms with van der Waals surface area (Å²) in [7, 11) is 0. The van der Waals surface area contributed by atoms with Crippen LogP contribution in [0.3, 0.4) is 0 Å². The highest BCUT2D eigenvalue weighted by atomic mass is 16.5. The summed E-state index contributed by atoms with van der Waals surface area (Å²) in [4.78, 5) is 11.8. The number of carbonyl (C=O) groups is 1. The minimum absolute atomic E-state index is 0.0114. The van der Waals surface area contributed by atoms with Gasteiger partial charge in [-0.15, -0.1) is 0 Å². The standard InChI is InChI=1S/C11H22N2O2/c1-4-9-8(5-6-15-9)10(14)13-7-11(2,3)12/h8-9H,4-7,12H2,1-3H3,(H,13,14). The maximum Gasteiger partial charge on any atom is 0.225 e. The molecular weight excluding hydrogens is 192 g/mol. The highest BCUT2D eigenvalue weighted by Gasteiger charge is 2.32. The Bertz CT molecular complexity index is 223. The van der Waals surface area contributed by atoms with Crippen molar-refractivity contribution in [2.75, 3.05) is 13.2 Å². The third-order valence-electron chi connectivity index (χ3n) is 2.67. The first kappa shape index (κ1) is 12.5. The van der Waals surface area contributed by atoms with E-state index in [2.05, 4.69) is 5.32 Å². The van der Waals surface area contributed by atoms with Crippen molar-refractivity contribution >= 4 is 5.91 Å². The summed E-state index contributed by atoms with van der Waals surface area (Å²) in [6.45, 7) is 7.05. The van der Waals surface area contributed by atoms with E-state index >= 15 is 0 Å². The Morgan fingerprint density at radius 1 is 1.60 bits per heavy atom. The monoisotopic (exact) mass is 214 g/mol. The molecule has 1 aliphatic heterocycles. The third-order valence-corrected chi connectivity index (χ3v) is 2.67. The lowest BCUT2D eigenvalue weighted by atomic mass is 9.98. The summed E-state index contributed by atoms with van der Waals surface area (Å²) in [5, 5.41) is 2.88. The minimum Gasteiger partial charge on any atom is -0.377 e. The van der Waals surface area contributed by atoms with Crippen molar-refractivity contribution in [1.29, 1.82) is 0 Å². The van der Waals surface area contributed by atoms with E-state index in [-0.39, 0.29) is 23.5 Å². The van der Waals surface area contributed by atoms with Gasteiger partial charge in [0.05, 0.1) is 12.0 Å². The summed E-state index contributed by atoms with van der Waals surface area (Å²) in [6, 6.07) is 0. The fourth-order valence-electron chi connectivity index (χ4n) is 1.80. The molecule has 0 radical (unpaired) electrons. The highest BCUT2D eigenvalue weighted by molar-refractivity contribution is 5.79. The molecule has 0 aromatic rings. The predicted molar refractivity (Wildman–Crippen MR) is 59.4 cm³/mol. The Labute approximate surface area is 91.5 Å². The van der Waals surface area contributed by atoms with Gasteiger partial charge in [0.25, 0.3) is 0 Å². The number of carbonyl (C=O) groups excluding carboxylic acids is 1. The number of hydrogen-bond acceptors (Lipinski definition) is 3. The first-order valence-corrected chi connectivity index (χ1v) is 5.62. The second-order valence-corrected chi connectivity index (χ2v) is 4.92. The van der Waals surface area contributed by atoms with Crippen LogP contribution in [0.15, 0.2) is 0 Å². The highest BCUT2D eigenvalue weighted by Crippen LogP contribution is 2.23. The van der Waals surface area contributed by atoms with Crippen LogP contribution in [-0.2, 0) is 9.53 Å². The molecule has 0 aromatic heterocycles. The van der Waals surface area contributed by atoms with Crippen molar-refractivity contribution in [2.45, 2.75) is 45.3 Å². The molecule has 1 fully saturated rings. The molecule has 0 spiro atoms. The Hall–Kier alpha value is -0.610. The van der Waals surface area contributed by atoms with Crippen LogP contribution in [0, 0.1) is 5.92 Å². The topological polar surface area (TPSA) is 64.3 Å². The van der Waals surface area contributed by atoms with Crippen molar-refractivity contribution < 1.29 is 9.53 Å². The number of rotatable bonds is 4. The van der Waals surface area contributed by atoms with E-state index in [1.165, 1.54) is 0 Å². The van der Waals surface area contributed by atoms with E-state index in [1.807, 2.05) is 20.8 Å². The van der Waals surface area contributed by atoms with Crippen LogP contribution in [0.5, 0.6) is 0 Å². The molecule has 88 valence electrons. The summed E-state index contributed by atoms with van der Waals surface area (Å²) in [5.41, 5.74) is 5.45. The van der Waals surface area contributed by atoms with Crippen LogP contribution in [0.25, 0.3) is 0 Å². The molecule has 4 heteroatoms. The summed E-state index contributed by atoms with van der Waals surface area (Å²) in [6.07, 6.45) is 1.81. The largest absolute Gasteiger partial charge is 0.377 e. The van der Waals surface area contributed by atoms with Crippen LogP contribution in [0.4, 0.5) is 0 Å². The molecule has 0 bridgehead atoms. The molecule has 15 heavy (non-hydrogen) atoms. The lowest BCUT2D eigenvalue weighted by Crippen LogP contribution is -2.47. The van der Waals surface area contributed by atoms with Gasteiger partial charge in [-0.2, -0.15) is 0 Å². The van der Waals surface area contributed by atoms with E-state index in [4.69, 9.17) is 10.5 Å². The summed E-state index contributed by atoms with van der Waals surface area (Å²) >= 11 is 0. The first-order chi connectivity index (χ1) is 6.94. The molecule has 1 heterocycles. The van der Waals surface area contributed by atoms with E-state index in [0.717, 1.165) is 12.8 Å². The Morgan fingerprint density at radius 3 is 2.80 bits per heavy atom. The van der Waals surface area contributed by atoms with Crippen LogP contribution in [0.1, 0.15) is 33.6 Å². The molecule has 3 N–H and O–H groups in total. The second kappa shape index (κ2) is 4.94. The van der Waals surface area contributed by atoms with Gasteiger partial charge in [0.1, 0.15) is 0 Å². The maximum absolute atomic E-state index is 11.8. The molecule has 1 aliphatic rings. The molecular formula is C11H22N2O2. The summed E-state index contributed by atoms with van der Waals surface area (Å²) in [5.74, 6) is 0.0928. The fourth-order valence-corrected chi connectivity index (χ4v) is 1.80. The number of hydrogen-bond donors (Lipinski definition) is 2. The van der Waals surface area contributed by atoms with Crippen molar-refractivity contribution in [3.8, 4) is 0 Å². The average molecular weight is 214 g/mol. The molecule has 2 atom stereocenters. The molecule has 0 saturated carbocycles. The SMILES string of the molecule is CCC1OCCC1C(=O)NCC(C)(C)N. The third kappa shape index (κ3) is 3.80. The Kier molecular flexibility index (Phi) is 4.11. The number of nitrogens with one attached hydrogen (secondary N) is 1. The van der Waals surface area contributed by atoms with E-state index < -0.39 is 0 Å². The van der Waals surface area contributed by atoms with Crippen LogP contribution >= 0.6 is 0 Å². The summed E-state index contributed by atoms with van der Waals surface area (Å²) < 4.78 is 5.48. The van der Waals surface area contributed by atoms with Gasteiger partial charge in [-0.05, 0) is 26.7 Å². The maximum atomic E-state index is 11.8. The molecule has 2 unspecified atom stereocenters. The van der Waals surface area contributed by atoms with Gasteiger partial charge in [0.2, 0.25) is 5.91 Å². The molecule has 1 rings (SSSR count). The molecule has 1 saturated heterocycles. The van der Waals surface area contributed by atoms with Crippen molar-refractivity contribution in [2.24, 2.45) is 11.7 Å². The van der Waals surface area contributed by atoms with Gasteiger partial charge in [0.15, 0.2) is 0 Å². The first-order valence-electron chi connectivity index (χ1n) is 5.62. The van der Waals surface area contributed by atoms with Gasteiger partial charge in [-0.3, -0.25) is 4.79 Å². The van der Waals surface area contributed by atoms with Gasteiger partial charge >= 0.3 is 0 Å². The molecule has 0 aliphatic carbocycles. The van der Waals surface area contributed by atoms with Gasteiger partial charge in [-0.1, -0.05) is 6.92 Å². The Balaban J connectivity index is 2.40. The minimum atomic E-state index is -0.350. The number of nitrogens with two attached hydrogens (primary N) is 1. The van der Waals surface area contributed by atoms with E-state index in [1.54, 1.807) is 0 Å². The smallest absolute Gasteiger partial charge is 0.225 e. The quantitative estimate of drug-likeness (QED) is 0.722. The van der Waals surface area contributed by atoms with Crippen LogP contribution < -0.4 is 11.1 Å². The molecule has 4 nitrogen and oxygen atoms in total. The lowest BCUT2D eigenvalue weighted by Gasteiger charge is -2.22. The normalized spacial score (nSPS) is 26.7. The second-order valence-electron chi connectivity index (χ2n) is 4.92. The van der Waals surface area contributed by atoms with Gasteiger partial charge in [0, 0.05) is 18.7 Å². The number of amides is 1. The van der Waals surface area contributed by atoms with Crippen LogP contribution in [-0.4, -0.2) is 30.7 Å². The molecule has 0 aromatic carbocycles. The average Bonchev–Trinajstić information content (AvgIpc) is 2.60. The zero-order valence-electron chi connectivity index (χ0n) is 9.88. The zero-order chi connectivity index (χ0) is 11.5. The molecule has 1 amide bonds.